The molecule has 4 rings (SSSR count). The van der Waals surface area contributed by atoms with E-state index in [-0.39, 0.29) is 35.6 Å². The number of hydrogen-bond acceptors (Lipinski definition) is 5. The standard InChI is InChI=1S/C22H30N4O4S/c27-20(9-12-23-21-18-7-3-4-8-19(18)31(29,30)24-21)25-15-10-17(11-16-25)22(28)26-13-5-1-2-6-14-26/h3-4,7-8,17H,1-2,5-6,9-16H2,(H,23,24). The van der Waals surface area contributed by atoms with Gasteiger partial charge in [-0.2, -0.15) is 0 Å². The van der Waals surface area contributed by atoms with Crippen LogP contribution >= 0.6 is 0 Å². The van der Waals surface area contributed by atoms with Crippen LogP contribution in [0.5, 0.6) is 0 Å². The highest BCUT2D eigenvalue weighted by atomic mass is 32.2. The summed E-state index contributed by atoms with van der Waals surface area (Å²) in [5.41, 5.74) is 0.544. The number of sulfonamides is 1. The lowest BCUT2D eigenvalue weighted by Gasteiger charge is -2.34. The minimum absolute atomic E-state index is 0.000777. The Labute approximate surface area is 183 Å². The maximum Gasteiger partial charge on any atom is 0.263 e. The zero-order valence-corrected chi connectivity index (χ0v) is 18.6. The highest BCUT2D eigenvalue weighted by molar-refractivity contribution is 7.90. The zero-order chi connectivity index (χ0) is 21.8. The first kappa shape index (κ1) is 21.8. The van der Waals surface area contributed by atoms with Crippen molar-refractivity contribution >= 4 is 27.7 Å². The fraction of sp³-hybridized carbons (Fsp3) is 0.591. The molecule has 0 saturated carbocycles. The van der Waals surface area contributed by atoms with Crippen molar-refractivity contribution in [2.45, 2.75) is 49.8 Å². The van der Waals surface area contributed by atoms with Gasteiger partial charge in [0.2, 0.25) is 11.8 Å². The topological polar surface area (TPSA) is 99.1 Å². The van der Waals surface area contributed by atoms with Crippen molar-refractivity contribution in [3.63, 3.8) is 0 Å². The van der Waals surface area contributed by atoms with E-state index in [4.69, 9.17) is 0 Å². The Balaban J connectivity index is 1.26. The van der Waals surface area contributed by atoms with E-state index in [1.54, 1.807) is 29.2 Å². The summed E-state index contributed by atoms with van der Waals surface area (Å²) in [6, 6.07) is 6.69. The number of nitrogens with one attached hydrogen (secondary N) is 1. The van der Waals surface area contributed by atoms with Gasteiger partial charge in [-0.1, -0.05) is 25.0 Å². The average Bonchev–Trinajstić information content (AvgIpc) is 2.95. The van der Waals surface area contributed by atoms with Gasteiger partial charge >= 0.3 is 0 Å². The number of carbonyl (C=O) groups is 2. The fourth-order valence-electron chi connectivity index (χ4n) is 4.60. The largest absolute Gasteiger partial charge is 0.343 e. The van der Waals surface area contributed by atoms with Crippen LogP contribution in [-0.4, -0.2) is 68.6 Å². The Bertz CT molecular complexity index is 959. The summed E-state index contributed by atoms with van der Waals surface area (Å²) in [5, 5.41) is 0. The summed E-state index contributed by atoms with van der Waals surface area (Å²) < 4.78 is 26.7. The molecule has 2 amide bonds. The minimum Gasteiger partial charge on any atom is -0.343 e. The second-order valence-electron chi connectivity index (χ2n) is 8.48. The van der Waals surface area contributed by atoms with E-state index in [1.807, 2.05) is 4.90 Å². The van der Waals surface area contributed by atoms with Gasteiger partial charge < -0.3 is 9.80 Å². The molecule has 0 aliphatic carbocycles. The molecule has 3 aliphatic rings. The quantitative estimate of drug-likeness (QED) is 0.762. The lowest BCUT2D eigenvalue weighted by molar-refractivity contribution is -0.140. The SMILES string of the molecule is O=C(CCN=C1NS(=O)(=O)c2ccccc21)N1CCC(C(=O)N2CCCCCC2)CC1. The number of likely N-dealkylation sites (tertiary alicyclic amines) is 2. The van der Waals surface area contributed by atoms with Crippen molar-refractivity contribution in [1.82, 2.24) is 14.5 Å². The highest BCUT2D eigenvalue weighted by Gasteiger charge is 2.31. The van der Waals surface area contributed by atoms with Gasteiger partial charge in [-0.3, -0.25) is 19.3 Å². The van der Waals surface area contributed by atoms with E-state index < -0.39 is 10.0 Å². The molecule has 31 heavy (non-hydrogen) atoms. The smallest absolute Gasteiger partial charge is 0.263 e. The molecule has 0 aromatic heterocycles. The molecule has 9 heteroatoms. The van der Waals surface area contributed by atoms with Crippen LogP contribution in [-0.2, 0) is 19.6 Å². The number of benzene rings is 1. The van der Waals surface area contributed by atoms with Crippen LogP contribution in [0.4, 0.5) is 0 Å². The molecule has 0 radical (unpaired) electrons. The van der Waals surface area contributed by atoms with Crippen LogP contribution in [0, 0.1) is 5.92 Å². The number of aliphatic imine (C=N–C) groups is 1. The number of amides is 2. The first-order valence-corrected chi connectivity index (χ1v) is 12.7. The fourth-order valence-corrected chi connectivity index (χ4v) is 5.85. The maximum atomic E-state index is 12.8. The van der Waals surface area contributed by atoms with Gasteiger partial charge in [-0.15, -0.1) is 0 Å². The normalized spacial score (nSPS) is 22.6. The van der Waals surface area contributed by atoms with E-state index in [1.165, 1.54) is 12.8 Å². The summed E-state index contributed by atoms with van der Waals surface area (Å²) in [7, 11) is -3.56. The first-order valence-electron chi connectivity index (χ1n) is 11.2. The van der Waals surface area contributed by atoms with Crippen molar-refractivity contribution in [1.29, 1.82) is 0 Å². The molecule has 0 atom stereocenters. The van der Waals surface area contributed by atoms with E-state index in [9.17, 15) is 18.0 Å². The molecule has 2 saturated heterocycles. The summed E-state index contributed by atoms with van der Waals surface area (Å²) in [6.07, 6.45) is 6.23. The second kappa shape index (κ2) is 9.38. The van der Waals surface area contributed by atoms with E-state index in [0.29, 0.717) is 37.3 Å². The monoisotopic (exact) mass is 446 g/mol. The van der Waals surface area contributed by atoms with E-state index in [0.717, 1.165) is 25.9 Å². The summed E-state index contributed by atoms with van der Waals surface area (Å²) in [4.78, 5) is 33.8. The number of carbonyl (C=O) groups excluding carboxylic acids is 2. The molecular formula is C22H30N4O4S. The number of fused-ring (bicyclic) bond motifs is 1. The third-order valence-corrected chi connectivity index (χ3v) is 7.77. The maximum absolute atomic E-state index is 12.8. The number of amidine groups is 1. The molecule has 3 aliphatic heterocycles. The summed E-state index contributed by atoms with van der Waals surface area (Å²) >= 11 is 0. The third kappa shape index (κ3) is 4.92. The second-order valence-corrected chi connectivity index (χ2v) is 10.1. The lowest BCUT2D eigenvalue weighted by Crippen LogP contribution is -2.44. The molecule has 8 nitrogen and oxygen atoms in total. The van der Waals surface area contributed by atoms with Crippen molar-refractivity contribution in [3.8, 4) is 0 Å². The molecule has 0 spiro atoms. The Hall–Kier alpha value is -2.42. The third-order valence-electron chi connectivity index (χ3n) is 6.37. The Morgan fingerprint density at radius 3 is 2.35 bits per heavy atom. The zero-order valence-electron chi connectivity index (χ0n) is 17.8. The molecule has 0 unspecified atom stereocenters. The number of nitrogens with zero attached hydrogens (tertiary/aromatic N) is 3. The van der Waals surface area contributed by atoms with E-state index in [2.05, 4.69) is 9.71 Å². The van der Waals surface area contributed by atoms with Crippen LogP contribution in [0.2, 0.25) is 0 Å². The van der Waals surface area contributed by atoms with Gasteiger partial charge in [0.25, 0.3) is 10.0 Å². The van der Waals surface area contributed by atoms with Crippen LogP contribution in [0.3, 0.4) is 0 Å². The molecule has 1 N–H and O–H groups in total. The molecular weight excluding hydrogens is 416 g/mol. The molecule has 0 bridgehead atoms. The predicted octanol–water partition coefficient (Wildman–Crippen LogP) is 1.76. The molecule has 3 heterocycles. The number of rotatable bonds is 4. The van der Waals surface area contributed by atoms with Gasteiger partial charge in [-0.05, 0) is 37.8 Å². The predicted molar refractivity (Wildman–Crippen MR) is 117 cm³/mol. The lowest BCUT2D eigenvalue weighted by atomic mass is 9.95. The van der Waals surface area contributed by atoms with Crippen molar-refractivity contribution < 1.29 is 18.0 Å². The molecule has 168 valence electrons. The number of hydrogen-bond donors (Lipinski definition) is 1. The van der Waals surface area contributed by atoms with E-state index >= 15 is 0 Å². The van der Waals surface area contributed by atoms with Gasteiger partial charge in [0, 0.05) is 44.1 Å². The Morgan fingerprint density at radius 2 is 1.65 bits per heavy atom. The van der Waals surface area contributed by atoms with Gasteiger partial charge in [-0.25, -0.2) is 8.42 Å². The molecule has 2 fully saturated rings. The van der Waals surface area contributed by atoms with Crippen LogP contribution < -0.4 is 4.72 Å². The average molecular weight is 447 g/mol. The van der Waals surface area contributed by atoms with Crippen molar-refractivity contribution in [3.05, 3.63) is 29.8 Å². The molecule has 1 aromatic carbocycles. The number of piperidine rings is 1. The first-order chi connectivity index (χ1) is 15.0. The molecule has 1 aromatic rings. The van der Waals surface area contributed by atoms with Gasteiger partial charge in [0.05, 0.1) is 11.4 Å². The summed E-state index contributed by atoms with van der Waals surface area (Å²) in [6.45, 7) is 3.14. The van der Waals surface area contributed by atoms with Crippen LogP contribution in [0.25, 0.3) is 0 Å². The Morgan fingerprint density at radius 1 is 0.968 bits per heavy atom. The Kier molecular flexibility index (Phi) is 6.60. The highest BCUT2D eigenvalue weighted by Crippen LogP contribution is 2.23. The van der Waals surface area contributed by atoms with Crippen molar-refractivity contribution in [2.75, 3.05) is 32.7 Å². The minimum atomic E-state index is -3.56. The van der Waals surface area contributed by atoms with Crippen LogP contribution in [0.15, 0.2) is 34.2 Å². The van der Waals surface area contributed by atoms with Gasteiger partial charge in [0.1, 0.15) is 5.84 Å². The van der Waals surface area contributed by atoms with Gasteiger partial charge in [0.15, 0.2) is 0 Å². The summed E-state index contributed by atoms with van der Waals surface area (Å²) in [5.74, 6) is 0.573. The van der Waals surface area contributed by atoms with Crippen molar-refractivity contribution in [2.24, 2.45) is 10.9 Å². The van der Waals surface area contributed by atoms with Crippen LogP contribution in [0.1, 0.15) is 50.5 Å².